The number of esters is 1. The first kappa shape index (κ1) is 32.1. The summed E-state index contributed by atoms with van der Waals surface area (Å²) in [6.45, 7) is 3.51. The number of carbonyl (C=O) groups is 1. The Morgan fingerprint density at radius 2 is 1.78 bits per heavy atom. The average molecular weight is 666 g/mol. The van der Waals surface area contributed by atoms with Crippen molar-refractivity contribution >= 4 is 39.2 Å². The number of benzene rings is 3. The lowest BCUT2D eigenvalue weighted by atomic mass is 9.96. The molecule has 0 radical (unpaired) electrons. The topological polar surface area (TPSA) is 166 Å². The maximum absolute atomic E-state index is 13.9. The molecule has 5 rings (SSSR count). The fourth-order valence-electron chi connectivity index (χ4n) is 4.87. The van der Waals surface area contributed by atoms with Crippen molar-refractivity contribution in [3.8, 4) is 17.2 Å². The lowest BCUT2D eigenvalue weighted by Gasteiger charge is -2.24. The molecule has 0 aliphatic carbocycles. The van der Waals surface area contributed by atoms with E-state index < -0.39 is 43.2 Å². The van der Waals surface area contributed by atoms with Gasteiger partial charge in [-0.1, -0.05) is 41.7 Å². The fraction of sp³-hybridized carbons (Fsp3) is 0.194. The van der Waals surface area contributed by atoms with E-state index >= 15 is 0 Å². The van der Waals surface area contributed by atoms with E-state index in [1.165, 1.54) is 49.1 Å². The van der Waals surface area contributed by atoms with E-state index in [0.717, 1.165) is 23.5 Å². The van der Waals surface area contributed by atoms with Gasteiger partial charge in [0, 0.05) is 6.07 Å². The zero-order valence-corrected chi connectivity index (χ0v) is 26.6. The number of para-hydroxylation sites is 1. The fourth-order valence-corrected chi connectivity index (χ4v) is 7.02. The number of ether oxygens (including phenoxy) is 3. The van der Waals surface area contributed by atoms with Crippen molar-refractivity contribution in [2.75, 3.05) is 20.8 Å². The molecule has 1 aliphatic heterocycles. The van der Waals surface area contributed by atoms with Gasteiger partial charge in [0.05, 0.1) is 47.6 Å². The Hall–Kier alpha value is -5.28. The molecule has 0 amide bonds. The van der Waals surface area contributed by atoms with Crippen LogP contribution >= 0.6 is 11.3 Å². The van der Waals surface area contributed by atoms with Crippen molar-refractivity contribution < 1.29 is 36.5 Å². The van der Waals surface area contributed by atoms with Gasteiger partial charge in [-0.05, 0) is 61.4 Å². The highest BCUT2D eigenvalue weighted by Crippen LogP contribution is 2.34. The van der Waals surface area contributed by atoms with Crippen molar-refractivity contribution in [1.29, 1.82) is 0 Å². The molecule has 1 aromatic heterocycles. The molecule has 13 nitrogen and oxygen atoms in total. The van der Waals surface area contributed by atoms with Gasteiger partial charge in [0.2, 0.25) is 0 Å². The Bertz CT molecular complexity index is 2170. The molecule has 2 heterocycles. The number of hydrogen-bond donors (Lipinski definition) is 0. The molecular weight excluding hydrogens is 638 g/mol. The van der Waals surface area contributed by atoms with Crippen molar-refractivity contribution in [2.45, 2.75) is 24.8 Å². The summed E-state index contributed by atoms with van der Waals surface area (Å²) < 4.78 is 48.8. The lowest BCUT2D eigenvalue weighted by molar-refractivity contribution is -0.387. The zero-order valence-electron chi connectivity index (χ0n) is 25.0. The molecule has 0 bridgehead atoms. The second-order valence-corrected chi connectivity index (χ2v) is 12.3. The van der Waals surface area contributed by atoms with Crippen LogP contribution in [0.1, 0.15) is 31.0 Å². The van der Waals surface area contributed by atoms with Crippen LogP contribution in [0, 0.1) is 10.1 Å². The summed E-state index contributed by atoms with van der Waals surface area (Å²) in [6.07, 6.45) is 1.57. The van der Waals surface area contributed by atoms with E-state index in [-0.39, 0.29) is 28.2 Å². The van der Waals surface area contributed by atoms with Crippen LogP contribution in [0.5, 0.6) is 17.2 Å². The van der Waals surface area contributed by atoms with Gasteiger partial charge in [-0.2, -0.15) is 8.42 Å². The summed E-state index contributed by atoms with van der Waals surface area (Å²) in [5.74, 6) is -0.200. The molecule has 3 aromatic carbocycles. The first-order valence-corrected chi connectivity index (χ1v) is 15.9. The molecule has 0 saturated heterocycles. The lowest BCUT2D eigenvalue weighted by Crippen LogP contribution is -2.39. The smallest absolute Gasteiger partial charge is 0.346 e. The van der Waals surface area contributed by atoms with Crippen LogP contribution in [-0.2, 0) is 19.6 Å². The molecule has 1 aliphatic rings. The van der Waals surface area contributed by atoms with Gasteiger partial charge in [-0.15, -0.1) is 0 Å². The highest BCUT2D eigenvalue weighted by molar-refractivity contribution is 7.87. The van der Waals surface area contributed by atoms with Gasteiger partial charge in [0.25, 0.3) is 11.2 Å². The number of methoxy groups -OCH3 is 2. The number of rotatable bonds is 10. The van der Waals surface area contributed by atoms with Gasteiger partial charge in [0.1, 0.15) is 5.75 Å². The minimum absolute atomic E-state index is 0.000219. The van der Waals surface area contributed by atoms with E-state index in [2.05, 4.69) is 4.99 Å². The third-order valence-corrected chi connectivity index (χ3v) is 9.23. The maximum Gasteiger partial charge on any atom is 0.346 e. The SMILES string of the molecule is CCOC(=O)C1=C(C)N=c2sc(=Cc3ccc(OS(=O)(=O)c4ccccc4[N+](=O)[O-])c(OC)c3)c(=O)n2C1c1ccc(OC)cc1. The van der Waals surface area contributed by atoms with Crippen molar-refractivity contribution in [2.24, 2.45) is 4.99 Å². The number of nitro groups is 1. The second kappa shape index (κ2) is 13.0. The summed E-state index contributed by atoms with van der Waals surface area (Å²) in [5, 5.41) is 11.4. The number of hydrogen-bond acceptors (Lipinski definition) is 12. The predicted molar refractivity (Wildman–Crippen MR) is 167 cm³/mol. The number of nitrogens with zero attached hydrogens (tertiary/aromatic N) is 3. The Labute approximate surface area is 266 Å². The summed E-state index contributed by atoms with van der Waals surface area (Å²) >= 11 is 1.11. The van der Waals surface area contributed by atoms with Gasteiger partial charge < -0.3 is 18.4 Å². The summed E-state index contributed by atoms with van der Waals surface area (Å²) in [4.78, 5) is 41.9. The Morgan fingerprint density at radius 3 is 2.43 bits per heavy atom. The van der Waals surface area contributed by atoms with E-state index in [1.54, 1.807) is 44.2 Å². The van der Waals surface area contributed by atoms with E-state index in [1.807, 2.05) is 0 Å². The monoisotopic (exact) mass is 665 g/mol. The zero-order chi connectivity index (χ0) is 33.2. The number of carbonyl (C=O) groups excluding carboxylic acids is 1. The second-order valence-electron chi connectivity index (χ2n) is 9.75. The first-order valence-electron chi connectivity index (χ1n) is 13.7. The third-order valence-electron chi connectivity index (χ3n) is 6.96. The Balaban J connectivity index is 1.57. The molecule has 0 fully saturated rings. The normalized spacial score (nSPS) is 14.7. The molecule has 4 aromatic rings. The molecule has 0 saturated carbocycles. The molecular formula is C31H27N3O10S2. The van der Waals surface area contributed by atoms with E-state index in [4.69, 9.17) is 18.4 Å². The van der Waals surface area contributed by atoms with Crippen LogP contribution in [0.15, 0.2) is 92.7 Å². The summed E-state index contributed by atoms with van der Waals surface area (Å²) in [7, 11) is -1.77. The Morgan fingerprint density at radius 1 is 1.07 bits per heavy atom. The van der Waals surface area contributed by atoms with Crippen LogP contribution in [0.3, 0.4) is 0 Å². The van der Waals surface area contributed by atoms with Crippen LogP contribution in [0.25, 0.3) is 6.08 Å². The van der Waals surface area contributed by atoms with E-state index in [9.17, 15) is 28.1 Å². The summed E-state index contributed by atoms with van der Waals surface area (Å²) in [6, 6.07) is 15.3. The minimum Gasteiger partial charge on any atom is -0.497 e. The molecule has 1 unspecified atom stereocenters. The molecule has 1 atom stereocenters. The van der Waals surface area contributed by atoms with Crippen molar-refractivity contribution in [3.05, 3.63) is 119 Å². The van der Waals surface area contributed by atoms with Crippen LogP contribution < -0.4 is 28.5 Å². The molecule has 0 N–H and O–H groups in total. The first-order chi connectivity index (χ1) is 22.0. The molecule has 46 heavy (non-hydrogen) atoms. The molecule has 0 spiro atoms. The van der Waals surface area contributed by atoms with Crippen molar-refractivity contribution in [1.82, 2.24) is 4.57 Å². The minimum atomic E-state index is -4.61. The highest BCUT2D eigenvalue weighted by atomic mass is 32.2. The highest BCUT2D eigenvalue weighted by Gasteiger charge is 2.33. The van der Waals surface area contributed by atoms with Gasteiger partial charge in [0.15, 0.2) is 21.2 Å². The van der Waals surface area contributed by atoms with Crippen LogP contribution in [-0.4, -0.2) is 44.7 Å². The van der Waals surface area contributed by atoms with Gasteiger partial charge in [-0.25, -0.2) is 9.79 Å². The average Bonchev–Trinajstić information content (AvgIpc) is 3.34. The summed E-state index contributed by atoms with van der Waals surface area (Å²) in [5.41, 5.74) is 0.692. The number of nitro benzene ring substituents is 1. The predicted octanol–water partition coefficient (Wildman–Crippen LogP) is 3.49. The van der Waals surface area contributed by atoms with Crippen molar-refractivity contribution in [3.63, 3.8) is 0 Å². The molecule has 238 valence electrons. The largest absolute Gasteiger partial charge is 0.497 e. The number of aromatic nitrogens is 1. The molecule has 15 heteroatoms. The quantitative estimate of drug-likeness (QED) is 0.106. The standard InChI is InChI=1S/C31H27N3O10S2/c1-5-43-30(36)27-18(2)32-31-33(28(27)20-11-13-21(41-3)14-12-20)29(35)25(45-31)17-19-10-15-23(24(16-19)42-4)44-46(39,40)26-9-7-6-8-22(26)34(37)38/h6-17,28H,5H2,1-4H3. The van der Waals surface area contributed by atoms with Crippen LogP contribution in [0.4, 0.5) is 5.69 Å². The van der Waals surface area contributed by atoms with Gasteiger partial charge >= 0.3 is 16.1 Å². The maximum atomic E-state index is 13.9. The Kier molecular flexibility index (Phi) is 9.07. The van der Waals surface area contributed by atoms with Gasteiger partial charge in [-0.3, -0.25) is 19.5 Å². The van der Waals surface area contributed by atoms with Crippen LogP contribution in [0.2, 0.25) is 0 Å². The number of allylic oxidation sites excluding steroid dienone is 1. The number of fused-ring (bicyclic) bond motifs is 1. The third kappa shape index (κ3) is 6.14. The number of thiazole rings is 1. The van der Waals surface area contributed by atoms with E-state index in [0.29, 0.717) is 27.4 Å².